The number of hydrogen-bond acceptors (Lipinski definition) is 7. The van der Waals surface area contributed by atoms with E-state index < -0.39 is 12.3 Å². The Morgan fingerprint density at radius 3 is 1.41 bits per heavy atom. The number of rotatable bonds is 24. The fraction of sp³-hybridized carbons (Fsp3) is 0.806. The van der Waals surface area contributed by atoms with Crippen molar-refractivity contribution < 1.29 is 39.1 Å². The third kappa shape index (κ3) is 40.9. The standard InChI is InChI=1S/C22H42O2.C5H12O4.C4H6O2/c1-4-5-6-7-8-9-10-11-12-13-14-15-16-17-18-19-20-24-22(23)21(2)3;1-8-5(7)4-9-3-2-6;1-3(2)4(5)6/h2,4-20H2,1,3H3;5-7H,2-4H2,1H3;1H2,2H3,(H,5,6). The lowest BCUT2D eigenvalue weighted by molar-refractivity contribution is -0.139. The molecule has 0 radical (unpaired) electrons. The molecule has 0 aromatic carbocycles. The smallest absolute Gasteiger partial charge is 0.333 e. The number of aliphatic carboxylic acids is 1. The first-order chi connectivity index (χ1) is 18.6. The second-order valence-electron chi connectivity index (χ2n) is 9.79. The largest absolute Gasteiger partial charge is 0.478 e. The summed E-state index contributed by atoms with van der Waals surface area (Å²) in [5, 5.41) is 24.8. The Kier molecular flexibility index (Phi) is 36.7. The summed E-state index contributed by atoms with van der Waals surface area (Å²) in [5.74, 6) is -1.19. The molecule has 0 spiro atoms. The number of aliphatic hydroxyl groups excluding tert-OH is 2. The minimum Gasteiger partial charge on any atom is -0.478 e. The van der Waals surface area contributed by atoms with Crippen molar-refractivity contribution >= 4 is 11.9 Å². The SMILES string of the molecule is C=C(C)C(=O)O.C=C(C)C(=O)OCCCCCCCCCCCCCCCCCC.COC(O)COCCO. The van der Waals surface area contributed by atoms with Crippen molar-refractivity contribution in [2.75, 3.05) is 33.5 Å². The summed E-state index contributed by atoms with van der Waals surface area (Å²) in [7, 11) is 1.38. The van der Waals surface area contributed by atoms with Crippen LogP contribution >= 0.6 is 0 Å². The van der Waals surface area contributed by atoms with Gasteiger partial charge in [-0.25, -0.2) is 9.59 Å². The Bertz CT molecular complexity index is 565. The highest BCUT2D eigenvalue weighted by molar-refractivity contribution is 5.86. The van der Waals surface area contributed by atoms with Gasteiger partial charge in [-0.3, -0.25) is 0 Å². The van der Waals surface area contributed by atoms with Crippen LogP contribution in [-0.2, 0) is 23.8 Å². The third-order valence-corrected chi connectivity index (χ3v) is 5.71. The monoisotopic (exact) mass is 560 g/mol. The van der Waals surface area contributed by atoms with Gasteiger partial charge in [-0.15, -0.1) is 0 Å². The van der Waals surface area contributed by atoms with Gasteiger partial charge in [0.1, 0.15) is 0 Å². The number of carboxylic acids is 1. The first-order valence-electron chi connectivity index (χ1n) is 14.7. The van der Waals surface area contributed by atoms with E-state index in [9.17, 15) is 9.59 Å². The molecular weight excluding hydrogens is 500 g/mol. The second-order valence-corrected chi connectivity index (χ2v) is 9.79. The van der Waals surface area contributed by atoms with E-state index in [4.69, 9.17) is 24.8 Å². The number of aliphatic hydroxyl groups is 2. The van der Waals surface area contributed by atoms with Crippen molar-refractivity contribution in [3.8, 4) is 0 Å². The van der Waals surface area contributed by atoms with Crippen LogP contribution < -0.4 is 0 Å². The number of ether oxygens (including phenoxy) is 3. The van der Waals surface area contributed by atoms with Gasteiger partial charge in [0.2, 0.25) is 0 Å². The number of esters is 1. The molecule has 0 saturated carbocycles. The van der Waals surface area contributed by atoms with Gasteiger partial charge in [0.15, 0.2) is 6.29 Å². The minimum absolute atomic E-state index is 0.0313. The number of carboxylic acid groups (broad SMARTS) is 1. The van der Waals surface area contributed by atoms with Gasteiger partial charge in [-0.05, 0) is 20.3 Å². The van der Waals surface area contributed by atoms with Crippen molar-refractivity contribution in [1.82, 2.24) is 0 Å². The normalized spacial score (nSPS) is 10.9. The molecular formula is C31H60O8. The van der Waals surface area contributed by atoms with E-state index in [2.05, 4.69) is 24.8 Å². The molecule has 3 N–H and O–H groups in total. The summed E-state index contributed by atoms with van der Waals surface area (Å²) in [5.41, 5.74) is 0.668. The zero-order valence-corrected chi connectivity index (χ0v) is 25.5. The first-order valence-corrected chi connectivity index (χ1v) is 14.7. The molecule has 0 aliphatic carbocycles. The maximum atomic E-state index is 11.2. The molecule has 0 bridgehead atoms. The second kappa shape index (κ2) is 34.3. The summed E-state index contributed by atoms with van der Waals surface area (Å²) in [6.07, 6.45) is 20.9. The topological polar surface area (TPSA) is 123 Å². The molecule has 0 aromatic heterocycles. The predicted octanol–water partition coefficient (Wildman–Crippen LogP) is 6.97. The third-order valence-electron chi connectivity index (χ3n) is 5.71. The molecule has 0 aromatic rings. The highest BCUT2D eigenvalue weighted by Crippen LogP contribution is 2.13. The maximum Gasteiger partial charge on any atom is 0.333 e. The van der Waals surface area contributed by atoms with Crippen LogP contribution in [0, 0.1) is 0 Å². The lowest BCUT2D eigenvalue weighted by Gasteiger charge is -2.06. The van der Waals surface area contributed by atoms with Crippen LogP contribution in [-0.4, -0.2) is 67.1 Å². The number of hydrogen-bond donors (Lipinski definition) is 3. The zero-order valence-electron chi connectivity index (χ0n) is 25.5. The number of carbonyl (C=O) groups excluding carboxylic acids is 1. The summed E-state index contributed by atoms with van der Waals surface area (Å²) in [6.45, 7) is 13.0. The van der Waals surface area contributed by atoms with E-state index in [1.165, 1.54) is 110 Å². The number of methoxy groups -OCH3 is 1. The Labute approximate surface area is 238 Å². The Morgan fingerprint density at radius 2 is 1.10 bits per heavy atom. The number of carbonyl (C=O) groups is 2. The average Bonchev–Trinajstić information content (AvgIpc) is 2.90. The molecule has 0 amide bonds. The van der Waals surface area contributed by atoms with Crippen molar-refractivity contribution in [1.29, 1.82) is 0 Å². The van der Waals surface area contributed by atoms with Crippen LogP contribution in [0.4, 0.5) is 0 Å². The Balaban J connectivity index is -0.000000703. The van der Waals surface area contributed by atoms with E-state index >= 15 is 0 Å². The van der Waals surface area contributed by atoms with Gasteiger partial charge in [-0.2, -0.15) is 0 Å². The molecule has 0 aliphatic heterocycles. The van der Waals surface area contributed by atoms with Crippen LogP contribution in [0.3, 0.4) is 0 Å². The lowest BCUT2D eigenvalue weighted by Crippen LogP contribution is -2.18. The quantitative estimate of drug-likeness (QED) is 0.0500. The average molecular weight is 561 g/mol. The molecule has 232 valence electrons. The zero-order chi connectivity index (χ0) is 30.2. The lowest BCUT2D eigenvalue weighted by atomic mass is 10.0. The number of unbranched alkanes of at least 4 members (excludes halogenated alkanes) is 15. The molecule has 1 unspecified atom stereocenters. The van der Waals surface area contributed by atoms with Crippen molar-refractivity contribution in [2.24, 2.45) is 0 Å². The fourth-order valence-electron chi connectivity index (χ4n) is 3.25. The Morgan fingerprint density at radius 1 is 0.718 bits per heavy atom. The molecule has 0 aliphatic rings. The van der Waals surface area contributed by atoms with Crippen LogP contribution in [0.25, 0.3) is 0 Å². The summed E-state index contributed by atoms with van der Waals surface area (Å²) in [6, 6.07) is 0. The van der Waals surface area contributed by atoms with Crippen LogP contribution in [0.2, 0.25) is 0 Å². The highest BCUT2D eigenvalue weighted by Gasteiger charge is 2.02. The predicted molar refractivity (Wildman–Crippen MR) is 159 cm³/mol. The minimum atomic E-state index is -0.935. The van der Waals surface area contributed by atoms with Gasteiger partial charge in [0.25, 0.3) is 0 Å². The molecule has 0 heterocycles. The molecule has 8 nitrogen and oxygen atoms in total. The van der Waals surface area contributed by atoms with Gasteiger partial charge >= 0.3 is 11.9 Å². The maximum absolute atomic E-state index is 11.2. The van der Waals surface area contributed by atoms with E-state index in [1.807, 2.05) is 0 Å². The van der Waals surface area contributed by atoms with E-state index in [1.54, 1.807) is 6.92 Å². The van der Waals surface area contributed by atoms with Crippen LogP contribution in [0.15, 0.2) is 24.3 Å². The summed E-state index contributed by atoms with van der Waals surface area (Å²) < 4.78 is 14.2. The van der Waals surface area contributed by atoms with Crippen molar-refractivity contribution in [2.45, 2.75) is 130 Å². The fourth-order valence-corrected chi connectivity index (χ4v) is 3.25. The van der Waals surface area contributed by atoms with Crippen LogP contribution in [0.5, 0.6) is 0 Å². The van der Waals surface area contributed by atoms with E-state index in [-0.39, 0.29) is 31.4 Å². The van der Waals surface area contributed by atoms with Gasteiger partial charge in [-0.1, -0.05) is 116 Å². The van der Waals surface area contributed by atoms with Crippen molar-refractivity contribution in [3.05, 3.63) is 24.3 Å². The van der Waals surface area contributed by atoms with Gasteiger partial charge in [0.05, 0.1) is 26.4 Å². The van der Waals surface area contributed by atoms with Gasteiger partial charge < -0.3 is 29.5 Å². The molecule has 1 atom stereocenters. The molecule has 39 heavy (non-hydrogen) atoms. The van der Waals surface area contributed by atoms with Gasteiger partial charge in [0, 0.05) is 18.3 Å². The molecule has 8 heteroatoms. The summed E-state index contributed by atoms with van der Waals surface area (Å²) >= 11 is 0. The van der Waals surface area contributed by atoms with E-state index in [0.717, 1.165) is 6.42 Å². The first kappa shape index (κ1) is 41.7. The summed E-state index contributed by atoms with van der Waals surface area (Å²) in [4.78, 5) is 20.8. The van der Waals surface area contributed by atoms with Crippen molar-refractivity contribution in [3.63, 3.8) is 0 Å². The van der Waals surface area contributed by atoms with E-state index in [0.29, 0.717) is 12.2 Å². The molecule has 0 saturated heterocycles. The molecule has 0 rings (SSSR count). The van der Waals surface area contributed by atoms with Crippen LogP contribution in [0.1, 0.15) is 124 Å². The highest BCUT2D eigenvalue weighted by atomic mass is 16.6. The molecule has 0 fully saturated rings. The Hall–Kier alpha value is -1.74.